The first kappa shape index (κ1) is 12.1. The minimum absolute atomic E-state index is 0.106. The Morgan fingerprint density at radius 2 is 2.31 bits per heavy atom. The number of nitrogens with one attached hydrogen (secondary N) is 1. The van der Waals surface area contributed by atoms with Crippen LogP contribution in [0, 0.1) is 5.82 Å². The number of benzene rings is 1. The van der Waals surface area contributed by atoms with Gasteiger partial charge in [0.25, 0.3) is 0 Å². The normalized spacial score (nSPS) is 20.3. The number of hydrogen-bond donors (Lipinski definition) is 1. The summed E-state index contributed by atoms with van der Waals surface area (Å²) in [6.45, 7) is 3.11. The molecule has 1 aliphatic heterocycles. The van der Waals surface area contributed by atoms with E-state index in [4.69, 9.17) is 0 Å². The summed E-state index contributed by atoms with van der Waals surface area (Å²) in [6, 6.07) is 4.48. The van der Waals surface area contributed by atoms with Gasteiger partial charge < -0.3 is 5.32 Å². The van der Waals surface area contributed by atoms with Gasteiger partial charge in [-0.2, -0.15) is 0 Å². The Labute approximate surface area is 105 Å². The van der Waals surface area contributed by atoms with E-state index in [2.05, 4.69) is 21.2 Å². The first-order chi connectivity index (χ1) is 7.70. The maximum atomic E-state index is 13.6. The molecule has 1 aromatic carbocycles. The quantitative estimate of drug-likeness (QED) is 0.897. The Balaban J connectivity index is 2.17. The van der Waals surface area contributed by atoms with Crippen LogP contribution in [0.3, 0.4) is 0 Å². The van der Waals surface area contributed by atoms with Gasteiger partial charge in [0.05, 0.1) is 4.47 Å². The highest BCUT2D eigenvalue weighted by Gasteiger charge is 2.16. The zero-order chi connectivity index (χ0) is 11.5. The van der Waals surface area contributed by atoms with Crippen molar-refractivity contribution < 1.29 is 4.39 Å². The Hall–Kier alpha value is -0.410. The molecule has 88 valence electrons. The standard InChI is InChI=1S/C13H17BrFN/c1-2-10-6-9(8-12(14)13(10)15)7-11-4-3-5-16-11/h6,8,11,16H,2-5,7H2,1H3. The molecule has 1 N–H and O–H groups in total. The lowest BCUT2D eigenvalue weighted by atomic mass is 10.0. The van der Waals surface area contributed by atoms with Gasteiger partial charge in [0.15, 0.2) is 0 Å². The van der Waals surface area contributed by atoms with Crippen molar-refractivity contribution in [1.29, 1.82) is 0 Å². The van der Waals surface area contributed by atoms with Crippen LogP contribution < -0.4 is 5.32 Å². The molecule has 0 bridgehead atoms. The number of hydrogen-bond acceptors (Lipinski definition) is 1. The van der Waals surface area contributed by atoms with Crippen LogP contribution in [0.1, 0.15) is 30.9 Å². The average molecular weight is 286 g/mol. The molecule has 0 saturated carbocycles. The Morgan fingerprint density at radius 3 is 2.94 bits per heavy atom. The summed E-state index contributed by atoms with van der Waals surface area (Å²) in [5, 5.41) is 3.47. The molecule has 1 unspecified atom stereocenters. The second kappa shape index (κ2) is 5.28. The van der Waals surface area contributed by atoms with E-state index >= 15 is 0 Å². The van der Waals surface area contributed by atoms with E-state index in [1.165, 1.54) is 18.4 Å². The fourth-order valence-electron chi connectivity index (χ4n) is 2.30. The molecule has 2 rings (SSSR count). The highest BCUT2D eigenvalue weighted by molar-refractivity contribution is 9.10. The molecule has 0 amide bonds. The molecule has 16 heavy (non-hydrogen) atoms. The lowest BCUT2D eigenvalue weighted by Crippen LogP contribution is -2.23. The molecule has 1 nitrogen and oxygen atoms in total. The van der Waals surface area contributed by atoms with E-state index in [-0.39, 0.29) is 5.82 Å². The molecular weight excluding hydrogens is 269 g/mol. The molecule has 1 heterocycles. The van der Waals surface area contributed by atoms with Gasteiger partial charge in [-0.3, -0.25) is 0 Å². The van der Waals surface area contributed by atoms with E-state index in [9.17, 15) is 4.39 Å². The fourth-order valence-corrected chi connectivity index (χ4v) is 2.85. The minimum atomic E-state index is -0.106. The van der Waals surface area contributed by atoms with E-state index in [0.29, 0.717) is 10.5 Å². The monoisotopic (exact) mass is 285 g/mol. The van der Waals surface area contributed by atoms with Crippen LogP contribution in [0.15, 0.2) is 16.6 Å². The van der Waals surface area contributed by atoms with E-state index in [1.54, 1.807) is 0 Å². The van der Waals surface area contributed by atoms with Gasteiger partial charge in [0, 0.05) is 6.04 Å². The molecule has 1 aliphatic rings. The summed E-state index contributed by atoms with van der Waals surface area (Å²) in [7, 11) is 0. The molecule has 1 fully saturated rings. The topological polar surface area (TPSA) is 12.0 Å². The van der Waals surface area contributed by atoms with Crippen molar-refractivity contribution in [3.8, 4) is 0 Å². The third-order valence-electron chi connectivity index (χ3n) is 3.19. The van der Waals surface area contributed by atoms with E-state index in [1.807, 2.05) is 19.1 Å². The van der Waals surface area contributed by atoms with Gasteiger partial charge in [-0.25, -0.2) is 4.39 Å². The first-order valence-electron chi connectivity index (χ1n) is 5.91. The van der Waals surface area contributed by atoms with Crippen LogP contribution in [0.25, 0.3) is 0 Å². The Kier molecular flexibility index (Phi) is 3.98. The summed E-state index contributed by atoms with van der Waals surface area (Å²) in [6.07, 6.45) is 4.24. The van der Waals surface area contributed by atoms with Gasteiger partial charge in [-0.05, 0) is 65.4 Å². The van der Waals surface area contributed by atoms with Crippen molar-refractivity contribution in [2.45, 2.75) is 38.6 Å². The van der Waals surface area contributed by atoms with Crippen LogP contribution in [0.2, 0.25) is 0 Å². The predicted molar refractivity (Wildman–Crippen MR) is 68.2 cm³/mol. The molecule has 1 aromatic rings. The van der Waals surface area contributed by atoms with Crippen molar-refractivity contribution >= 4 is 15.9 Å². The van der Waals surface area contributed by atoms with Crippen LogP contribution in [-0.2, 0) is 12.8 Å². The van der Waals surface area contributed by atoms with Crippen molar-refractivity contribution in [1.82, 2.24) is 5.32 Å². The lowest BCUT2D eigenvalue weighted by Gasteiger charge is -2.12. The van der Waals surface area contributed by atoms with Crippen LogP contribution in [0.5, 0.6) is 0 Å². The smallest absolute Gasteiger partial charge is 0.140 e. The third kappa shape index (κ3) is 2.64. The van der Waals surface area contributed by atoms with E-state index < -0.39 is 0 Å². The molecule has 0 aliphatic carbocycles. The van der Waals surface area contributed by atoms with Crippen LogP contribution in [-0.4, -0.2) is 12.6 Å². The molecule has 0 spiro atoms. The largest absolute Gasteiger partial charge is 0.314 e. The average Bonchev–Trinajstić information content (AvgIpc) is 2.76. The van der Waals surface area contributed by atoms with Crippen LogP contribution >= 0.6 is 15.9 Å². The van der Waals surface area contributed by atoms with Crippen molar-refractivity contribution in [3.63, 3.8) is 0 Å². The highest BCUT2D eigenvalue weighted by Crippen LogP contribution is 2.23. The molecule has 1 saturated heterocycles. The van der Waals surface area contributed by atoms with Crippen molar-refractivity contribution in [3.05, 3.63) is 33.5 Å². The lowest BCUT2D eigenvalue weighted by molar-refractivity contribution is 0.590. The summed E-state index contributed by atoms with van der Waals surface area (Å²) in [5.74, 6) is -0.106. The first-order valence-corrected chi connectivity index (χ1v) is 6.70. The van der Waals surface area contributed by atoms with Gasteiger partial charge in [-0.1, -0.05) is 13.0 Å². The zero-order valence-electron chi connectivity index (χ0n) is 9.52. The highest BCUT2D eigenvalue weighted by atomic mass is 79.9. The number of aryl methyl sites for hydroxylation is 1. The minimum Gasteiger partial charge on any atom is -0.314 e. The Bertz CT molecular complexity index is 372. The second-order valence-electron chi connectivity index (χ2n) is 4.40. The maximum Gasteiger partial charge on any atom is 0.140 e. The molecule has 1 atom stereocenters. The molecule has 3 heteroatoms. The third-order valence-corrected chi connectivity index (χ3v) is 3.77. The summed E-state index contributed by atoms with van der Waals surface area (Å²) < 4.78 is 14.2. The maximum absolute atomic E-state index is 13.6. The molecular formula is C13H17BrFN. The van der Waals surface area contributed by atoms with Crippen molar-refractivity contribution in [2.75, 3.05) is 6.54 Å². The summed E-state index contributed by atoms with van der Waals surface area (Å²) >= 11 is 3.29. The van der Waals surface area contributed by atoms with Gasteiger partial charge in [0.2, 0.25) is 0 Å². The molecule has 0 aromatic heterocycles. The summed E-state index contributed by atoms with van der Waals surface area (Å²) in [5.41, 5.74) is 2.03. The van der Waals surface area contributed by atoms with Gasteiger partial charge >= 0.3 is 0 Å². The number of rotatable bonds is 3. The zero-order valence-corrected chi connectivity index (χ0v) is 11.1. The SMILES string of the molecule is CCc1cc(CC2CCCN2)cc(Br)c1F. The van der Waals surface area contributed by atoms with Crippen molar-refractivity contribution in [2.24, 2.45) is 0 Å². The summed E-state index contributed by atoms with van der Waals surface area (Å²) in [4.78, 5) is 0. The Morgan fingerprint density at radius 1 is 1.50 bits per heavy atom. The second-order valence-corrected chi connectivity index (χ2v) is 5.26. The predicted octanol–water partition coefficient (Wildman–Crippen LogP) is 3.45. The fraction of sp³-hybridized carbons (Fsp3) is 0.538. The van der Waals surface area contributed by atoms with Gasteiger partial charge in [0.1, 0.15) is 5.82 Å². The number of halogens is 2. The van der Waals surface area contributed by atoms with Crippen LogP contribution in [0.4, 0.5) is 4.39 Å². The molecule has 0 radical (unpaired) electrons. The van der Waals surface area contributed by atoms with Gasteiger partial charge in [-0.15, -0.1) is 0 Å². The van der Waals surface area contributed by atoms with E-state index in [0.717, 1.165) is 24.9 Å².